The Hall–Kier alpha value is -1.39. The minimum atomic E-state index is -0.458. The third kappa shape index (κ3) is 3.33. The average molecular weight is 264 g/mol. The monoisotopic (exact) mass is 264 g/mol. The molecule has 0 atom stereocenters. The second-order valence-electron chi connectivity index (χ2n) is 5.92. The molecule has 0 aliphatic heterocycles. The number of primary amides is 1. The standard InChI is InChI=1S/C14H24N4O/c1-10(2)8-9-12-13(14(15)19)16-17-18(12)11-6-4-3-5-7-11/h10-11H,3-9H2,1-2H3,(H2,15,19). The molecule has 0 spiro atoms. The molecule has 1 aliphatic rings. The maximum Gasteiger partial charge on any atom is 0.271 e. The minimum Gasteiger partial charge on any atom is -0.364 e. The van der Waals surface area contributed by atoms with E-state index in [4.69, 9.17) is 5.73 Å². The van der Waals surface area contributed by atoms with Crippen LogP contribution in [0.1, 0.15) is 74.6 Å². The van der Waals surface area contributed by atoms with E-state index < -0.39 is 5.91 Å². The molecule has 1 saturated carbocycles. The fraction of sp³-hybridized carbons (Fsp3) is 0.786. The summed E-state index contributed by atoms with van der Waals surface area (Å²) in [6.07, 6.45) is 7.90. The number of aromatic nitrogens is 3. The zero-order valence-electron chi connectivity index (χ0n) is 11.9. The number of carbonyl (C=O) groups excluding carboxylic acids is 1. The van der Waals surface area contributed by atoms with Gasteiger partial charge in [0.1, 0.15) is 0 Å². The van der Waals surface area contributed by atoms with E-state index in [0.717, 1.165) is 31.4 Å². The van der Waals surface area contributed by atoms with Gasteiger partial charge >= 0.3 is 0 Å². The Kier molecular flexibility index (Phi) is 4.56. The van der Waals surface area contributed by atoms with Gasteiger partial charge in [-0.3, -0.25) is 4.79 Å². The van der Waals surface area contributed by atoms with Crippen LogP contribution in [-0.4, -0.2) is 20.9 Å². The minimum absolute atomic E-state index is 0.367. The first kappa shape index (κ1) is 14.0. The molecule has 0 saturated heterocycles. The van der Waals surface area contributed by atoms with Crippen molar-refractivity contribution in [2.45, 2.75) is 64.8 Å². The second kappa shape index (κ2) is 6.17. The highest BCUT2D eigenvalue weighted by molar-refractivity contribution is 5.91. The second-order valence-corrected chi connectivity index (χ2v) is 5.92. The zero-order chi connectivity index (χ0) is 13.8. The van der Waals surface area contributed by atoms with Crippen LogP contribution < -0.4 is 5.73 Å². The summed E-state index contributed by atoms with van der Waals surface area (Å²) in [6.45, 7) is 4.36. The fourth-order valence-corrected chi connectivity index (χ4v) is 2.78. The van der Waals surface area contributed by atoms with Crippen LogP contribution in [0, 0.1) is 5.92 Å². The maximum absolute atomic E-state index is 11.5. The largest absolute Gasteiger partial charge is 0.364 e. The lowest BCUT2D eigenvalue weighted by Crippen LogP contribution is -2.19. The number of amides is 1. The number of nitrogens with zero attached hydrogens (tertiary/aromatic N) is 3. The SMILES string of the molecule is CC(C)CCc1c(C(N)=O)nnn1C1CCCCC1. The Balaban J connectivity index is 2.23. The van der Waals surface area contributed by atoms with Gasteiger partial charge in [0.05, 0.1) is 11.7 Å². The fourth-order valence-electron chi connectivity index (χ4n) is 2.78. The van der Waals surface area contributed by atoms with Crippen LogP contribution in [-0.2, 0) is 6.42 Å². The van der Waals surface area contributed by atoms with Gasteiger partial charge in [-0.1, -0.05) is 38.3 Å². The van der Waals surface area contributed by atoms with Crippen molar-refractivity contribution in [2.24, 2.45) is 11.7 Å². The Morgan fingerprint density at radius 1 is 1.37 bits per heavy atom. The van der Waals surface area contributed by atoms with Crippen LogP contribution in [0.4, 0.5) is 0 Å². The Labute approximate surface area is 114 Å². The molecule has 1 aromatic heterocycles. The van der Waals surface area contributed by atoms with Crippen molar-refractivity contribution in [3.8, 4) is 0 Å². The molecule has 19 heavy (non-hydrogen) atoms. The summed E-state index contributed by atoms with van der Waals surface area (Å²) in [5.74, 6) is 0.135. The molecule has 1 aromatic rings. The highest BCUT2D eigenvalue weighted by atomic mass is 16.1. The molecule has 1 heterocycles. The van der Waals surface area contributed by atoms with Crippen molar-refractivity contribution in [1.29, 1.82) is 0 Å². The molecular weight excluding hydrogens is 240 g/mol. The van der Waals surface area contributed by atoms with Gasteiger partial charge in [-0.15, -0.1) is 5.10 Å². The van der Waals surface area contributed by atoms with E-state index in [0.29, 0.717) is 17.7 Å². The number of hydrogen-bond acceptors (Lipinski definition) is 3. The molecule has 0 radical (unpaired) electrons. The molecule has 0 unspecified atom stereocenters. The Bertz CT molecular complexity index is 433. The maximum atomic E-state index is 11.5. The van der Waals surface area contributed by atoms with E-state index in [1.807, 2.05) is 4.68 Å². The summed E-state index contributed by atoms with van der Waals surface area (Å²) in [5, 5.41) is 8.21. The van der Waals surface area contributed by atoms with Gasteiger partial charge in [0, 0.05) is 0 Å². The van der Waals surface area contributed by atoms with Gasteiger partial charge in [0.15, 0.2) is 5.69 Å². The molecule has 106 valence electrons. The van der Waals surface area contributed by atoms with Gasteiger partial charge in [-0.05, 0) is 31.6 Å². The number of nitrogens with two attached hydrogens (primary N) is 1. The number of carbonyl (C=O) groups is 1. The summed E-state index contributed by atoms with van der Waals surface area (Å²) >= 11 is 0. The molecule has 2 rings (SSSR count). The molecule has 0 bridgehead atoms. The first-order valence-corrected chi connectivity index (χ1v) is 7.33. The van der Waals surface area contributed by atoms with Crippen molar-refractivity contribution in [1.82, 2.24) is 15.0 Å². The third-order valence-corrected chi connectivity index (χ3v) is 3.90. The molecular formula is C14H24N4O. The van der Waals surface area contributed by atoms with Crippen molar-refractivity contribution < 1.29 is 4.79 Å². The van der Waals surface area contributed by atoms with Gasteiger partial charge in [0.2, 0.25) is 0 Å². The highest BCUT2D eigenvalue weighted by Gasteiger charge is 2.24. The van der Waals surface area contributed by atoms with Crippen LogP contribution in [0.15, 0.2) is 0 Å². The van der Waals surface area contributed by atoms with Crippen molar-refractivity contribution in [2.75, 3.05) is 0 Å². The molecule has 1 aliphatic carbocycles. The first-order valence-electron chi connectivity index (χ1n) is 7.33. The van der Waals surface area contributed by atoms with Crippen molar-refractivity contribution in [3.05, 3.63) is 11.4 Å². The molecule has 1 fully saturated rings. The highest BCUT2D eigenvalue weighted by Crippen LogP contribution is 2.29. The average Bonchev–Trinajstić information content (AvgIpc) is 2.81. The molecule has 2 N–H and O–H groups in total. The summed E-state index contributed by atoms with van der Waals surface area (Å²) < 4.78 is 1.97. The smallest absolute Gasteiger partial charge is 0.271 e. The number of hydrogen-bond donors (Lipinski definition) is 1. The summed E-state index contributed by atoms with van der Waals surface area (Å²) in [7, 11) is 0. The Morgan fingerprint density at radius 3 is 2.63 bits per heavy atom. The lowest BCUT2D eigenvalue weighted by Gasteiger charge is -2.23. The normalized spacial score (nSPS) is 17.0. The predicted molar refractivity (Wildman–Crippen MR) is 73.8 cm³/mol. The Morgan fingerprint density at radius 2 is 2.05 bits per heavy atom. The van der Waals surface area contributed by atoms with E-state index >= 15 is 0 Å². The molecule has 1 amide bonds. The molecule has 5 nitrogen and oxygen atoms in total. The van der Waals surface area contributed by atoms with Crippen LogP contribution >= 0.6 is 0 Å². The molecule has 0 aromatic carbocycles. The van der Waals surface area contributed by atoms with Gasteiger partial charge in [0.25, 0.3) is 5.91 Å². The van der Waals surface area contributed by atoms with Crippen LogP contribution in [0.25, 0.3) is 0 Å². The van der Waals surface area contributed by atoms with Crippen molar-refractivity contribution >= 4 is 5.91 Å². The van der Waals surface area contributed by atoms with E-state index in [-0.39, 0.29) is 0 Å². The van der Waals surface area contributed by atoms with E-state index in [1.54, 1.807) is 0 Å². The predicted octanol–water partition coefficient (Wildman–Crippen LogP) is 2.47. The first-order chi connectivity index (χ1) is 9.09. The van der Waals surface area contributed by atoms with Gasteiger partial charge in [-0.25, -0.2) is 4.68 Å². The van der Waals surface area contributed by atoms with Crippen LogP contribution in [0.5, 0.6) is 0 Å². The number of rotatable bonds is 5. The summed E-state index contributed by atoms with van der Waals surface area (Å²) in [6, 6.07) is 0.400. The van der Waals surface area contributed by atoms with Gasteiger partial charge < -0.3 is 5.73 Å². The van der Waals surface area contributed by atoms with Crippen LogP contribution in [0.2, 0.25) is 0 Å². The zero-order valence-corrected chi connectivity index (χ0v) is 11.9. The van der Waals surface area contributed by atoms with E-state index in [2.05, 4.69) is 24.2 Å². The lowest BCUT2D eigenvalue weighted by atomic mass is 9.95. The lowest BCUT2D eigenvalue weighted by molar-refractivity contribution is 0.0994. The topological polar surface area (TPSA) is 73.8 Å². The van der Waals surface area contributed by atoms with Crippen molar-refractivity contribution in [3.63, 3.8) is 0 Å². The van der Waals surface area contributed by atoms with Gasteiger partial charge in [-0.2, -0.15) is 0 Å². The quantitative estimate of drug-likeness (QED) is 0.887. The van der Waals surface area contributed by atoms with Crippen LogP contribution in [0.3, 0.4) is 0 Å². The summed E-state index contributed by atoms with van der Waals surface area (Å²) in [5.41, 5.74) is 6.71. The summed E-state index contributed by atoms with van der Waals surface area (Å²) in [4.78, 5) is 11.5. The third-order valence-electron chi connectivity index (χ3n) is 3.90. The van der Waals surface area contributed by atoms with E-state index in [9.17, 15) is 4.79 Å². The van der Waals surface area contributed by atoms with E-state index in [1.165, 1.54) is 19.3 Å². The molecule has 5 heteroatoms.